The van der Waals surface area contributed by atoms with E-state index in [0.717, 1.165) is 6.08 Å². The molecule has 1 N–H and O–H groups in total. The number of hydrogen-bond acceptors (Lipinski definition) is 5. The third-order valence-corrected chi connectivity index (χ3v) is 6.45. The SMILES string of the molecule is C/C=C1\C(=C/C2=C=C(F)C2(O)C(F)(F)F)CC[C@H](Oc2cccc(OC)c2)CN1C(=O)Cc1ccncc1. The first-order chi connectivity index (χ1) is 18.1. The Morgan fingerprint density at radius 1 is 1.26 bits per heavy atom. The van der Waals surface area contributed by atoms with Crippen molar-refractivity contribution in [1.82, 2.24) is 9.88 Å². The van der Waals surface area contributed by atoms with Crippen LogP contribution in [0, 0.1) is 0 Å². The van der Waals surface area contributed by atoms with Gasteiger partial charge in [0.1, 0.15) is 17.6 Å². The molecule has 1 amide bonds. The Morgan fingerprint density at radius 2 is 1.97 bits per heavy atom. The van der Waals surface area contributed by atoms with Crippen molar-refractivity contribution in [1.29, 1.82) is 0 Å². The summed E-state index contributed by atoms with van der Waals surface area (Å²) in [6.45, 7) is 1.77. The van der Waals surface area contributed by atoms with E-state index in [1.165, 1.54) is 12.0 Å². The van der Waals surface area contributed by atoms with Crippen molar-refractivity contribution in [3.63, 3.8) is 0 Å². The third-order valence-electron chi connectivity index (χ3n) is 6.45. The van der Waals surface area contributed by atoms with Crippen LogP contribution in [0.5, 0.6) is 11.5 Å². The second-order valence-electron chi connectivity index (χ2n) is 8.90. The van der Waals surface area contributed by atoms with Crippen molar-refractivity contribution < 1.29 is 36.9 Å². The molecule has 2 atom stereocenters. The molecule has 38 heavy (non-hydrogen) atoms. The van der Waals surface area contributed by atoms with Gasteiger partial charge in [0.25, 0.3) is 5.60 Å². The van der Waals surface area contributed by atoms with Crippen LogP contribution in [-0.4, -0.2) is 52.4 Å². The summed E-state index contributed by atoms with van der Waals surface area (Å²) < 4.78 is 65.7. The van der Waals surface area contributed by atoms with E-state index in [9.17, 15) is 27.5 Å². The lowest BCUT2D eigenvalue weighted by atomic mass is 9.82. The molecule has 0 bridgehead atoms. The molecule has 6 nitrogen and oxygen atoms in total. The Hall–Kier alpha value is -3.88. The number of carbonyl (C=O) groups excluding carboxylic acids is 1. The number of nitrogens with zero attached hydrogens (tertiary/aromatic N) is 2. The van der Waals surface area contributed by atoms with Crippen LogP contribution >= 0.6 is 0 Å². The lowest BCUT2D eigenvalue weighted by Crippen LogP contribution is -2.50. The predicted octanol–water partition coefficient (Wildman–Crippen LogP) is 5.22. The Morgan fingerprint density at radius 3 is 2.61 bits per heavy atom. The van der Waals surface area contributed by atoms with E-state index in [1.807, 2.05) is 5.73 Å². The molecule has 1 aromatic carbocycles. The van der Waals surface area contributed by atoms with E-state index in [-0.39, 0.29) is 25.3 Å². The summed E-state index contributed by atoms with van der Waals surface area (Å²) in [7, 11) is 1.52. The summed E-state index contributed by atoms with van der Waals surface area (Å²) in [6.07, 6.45) is 0.564. The highest BCUT2D eigenvalue weighted by atomic mass is 19.4. The molecule has 1 aliphatic carbocycles. The number of benzene rings is 1. The number of ether oxygens (including phenoxy) is 2. The molecule has 0 radical (unpaired) electrons. The monoisotopic (exact) mass is 530 g/mol. The second-order valence-corrected chi connectivity index (χ2v) is 8.90. The van der Waals surface area contributed by atoms with E-state index in [0.29, 0.717) is 34.8 Å². The number of aromatic nitrogens is 1. The number of aliphatic hydroxyl groups is 1. The average Bonchev–Trinajstić information content (AvgIpc) is 3.07. The van der Waals surface area contributed by atoms with E-state index in [4.69, 9.17) is 9.47 Å². The maximum atomic E-state index is 13.8. The molecule has 1 aliphatic heterocycles. The van der Waals surface area contributed by atoms with Gasteiger partial charge in [0, 0.05) is 29.7 Å². The van der Waals surface area contributed by atoms with Gasteiger partial charge in [-0.1, -0.05) is 17.9 Å². The molecule has 1 saturated heterocycles. The summed E-state index contributed by atoms with van der Waals surface area (Å²) in [6, 6.07) is 10.3. The van der Waals surface area contributed by atoms with Crippen LogP contribution in [0.3, 0.4) is 0 Å². The number of allylic oxidation sites excluding steroid dienone is 2. The molecule has 1 aromatic heterocycles. The molecule has 2 aliphatic rings. The normalized spacial score (nSPS) is 23.9. The molecule has 1 unspecified atom stereocenters. The maximum absolute atomic E-state index is 13.8. The molecule has 2 aromatic rings. The quantitative estimate of drug-likeness (QED) is 0.410. The van der Waals surface area contributed by atoms with Crippen LogP contribution in [0.15, 0.2) is 89.3 Å². The molecule has 2 heterocycles. The first kappa shape index (κ1) is 27.2. The lowest BCUT2D eigenvalue weighted by molar-refractivity contribution is -0.237. The van der Waals surface area contributed by atoms with Gasteiger partial charge in [0.05, 0.1) is 20.1 Å². The molecule has 0 saturated carbocycles. The van der Waals surface area contributed by atoms with E-state index < -0.39 is 29.3 Å². The van der Waals surface area contributed by atoms with Crippen LogP contribution in [0.4, 0.5) is 17.6 Å². The minimum Gasteiger partial charge on any atom is -0.497 e. The standard InChI is InChI=1S/C28H26F4N2O4/c1-3-24-19(14-20-15-25(29)27(20,36)28(30,31)32)7-8-23(38-22-6-4-5-21(16-22)37-2)17-34(24)26(35)13-18-9-11-33-12-10-18/h3-6,9-12,14,16,23,36H,7-8,13,17H2,1-2H3/b19-14-,24-3+/t23-,27?/m0/s1. The number of hydrogen-bond donors (Lipinski definition) is 1. The number of methoxy groups -OCH3 is 1. The molecular weight excluding hydrogens is 504 g/mol. The molecule has 200 valence electrons. The van der Waals surface area contributed by atoms with Gasteiger partial charge < -0.3 is 19.5 Å². The lowest BCUT2D eigenvalue weighted by Gasteiger charge is -2.33. The van der Waals surface area contributed by atoms with Gasteiger partial charge in [-0.2, -0.15) is 17.6 Å². The van der Waals surface area contributed by atoms with Gasteiger partial charge in [-0.15, -0.1) is 0 Å². The Kier molecular flexibility index (Phi) is 7.76. The number of amides is 1. The van der Waals surface area contributed by atoms with Crippen molar-refractivity contribution in [2.24, 2.45) is 0 Å². The highest BCUT2D eigenvalue weighted by Crippen LogP contribution is 2.48. The predicted molar refractivity (Wildman–Crippen MR) is 131 cm³/mol. The summed E-state index contributed by atoms with van der Waals surface area (Å²) in [5.41, 5.74) is -1.15. The molecule has 4 rings (SSSR count). The van der Waals surface area contributed by atoms with E-state index >= 15 is 0 Å². The zero-order valence-electron chi connectivity index (χ0n) is 20.8. The minimum absolute atomic E-state index is 0.0166. The summed E-state index contributed by atoms with van der Waals surface area (Å²) >= 11 is 0. The van der Waals surface area contributed by atoms with E-state index in [1.54, 1.807) is 61.8 Å². The summed E-state index contributed by atoms with van der Waals surface area (Å²) in [5.74, 6) is -1.03. The second kappa shape index (κ2) is 10.8. The maximum Gasteiger partial charge on any atom is 0.429 e. The number of halogens is 4. The highest BCUT2D eigenvalue weighted by Gasteiger charge is 2.63. The first-order valence-corrected chi connectivity index (χ1v) is 11.9. The zero-order chi connectivity index (χ0) is 27.5. The van der Waals surface area contributed by atoms with Crippen molar-refractivity contribution in [3.8, 4) is 11.5 Å². The summed E-state index contributed by atoms with van der Waals surface area (Å²) in [5, 5.41) is 10.1. The Labute approximate surface area is 217 Å². The number of alkyl halides is 3. The van der Waals surface area contributed by atoms with Gasteiger partial charge in [0.2, 0.25) is 5.91 Å². The first-order valence-electron chi connectivity index (χ1n) is 11.9. The van der Waals surface area contributed by atoms with Gasteiger partial charge >= 0.3 is 6.18 Å². The third kappa shape index (κ3) is 5.37. The van der Waals surface area contributed by atoms with Gasteiger partial charge in [-0.25, -0.2) is 0 Å². The number of carbonyl (C=O) groups is 1. The van der Waals surface area contributed by atoms with Crippen LogP contribution in [0.2, 0.25) is 0 Å². The molecule has 0 spiro atoms. The largest absolute Gasteiger partial charge is 0.497 e. The topological polar surface area (TPSA) is 71.9 Å². The van der Waals surface area contributed by atoms with Crippen LogP contribution < -0.4 is 9.47 Å². The Bertz CT molecular complexity index is 1330. The smallest absolute Gasteiger partial charge is 0.429 e. The van der Waals surface area contributed by atoms with Gasteiger partial charge in [-0.3, -0.25) is 9.78 Å². The molecular formula is C28H26F4N2O4. The number of pyridine rings is 1. The van der Waals surface area contributed by atoms with Crippen molar-refractivity contribution in [2.45, 2.75) is 44.1 Å². The van der Waals surface area contributed by atoms with Gasteiger partial charge in [0.15, 0.2) is 5.83 Å². The molecule has 10 heteroatoms. The van der Waals surface area contributed by atoms with Crippen LogP contribution in [-0.2, 0) is 11.2 Å². The fourth-order valence-corrected chi connectivity index (χ4v) is 4.42. The van der Waals surface area contributed by atoms with E-state index in [2.05, 4.69) is 4.98 Å². The molecule has 1 fully saturated rings. The number of likely N-dealkylation sites (tertiary alicyclic amines) is 1. The van der Waals surface area contributed by atoms with Crippen LogP contribution in [0.25, 0.3) is 0 Å². The minimum atomic E-state index is -5.26. The van der Waals surface area contributed by atoms with Crippen LogP contribution in [0.1, 0.15) is 25.3 Å². The summed E-state index contributed by atoms with van der Waals surface area (Å²) in [4.78, 5) is 18.9. The Balaban J connectivity index is 1.69. The van der Waals surface area contributed by atoms with Crippen molar-refractivity contribution >= 4 is 5.91 Å². The van der Waals surface area contributed by atoms with Gasteiger partial charge in [-0.05, 0) is 61.2 Å². The highest BCUT2D eigenvalue weighted by molar-refractivity contribution is 5.81. The number of rotatable bonds is 6. The average molecular weight is 531 g/mol. The van der Waals surface area contributed by atoms with Crippen molar-refractivity contribution in [2.75, 3.05) is 13.7 Å². The zero-order valence-corrected chi connectivity index (χ0v) is 20.8. The fourth-order valence-electron chi connectivity index (χ4n) is 4.42. The fraction of sp³-hybridized carbons (Fsp3) is 0.321. The van der Waals surface area contributed by atoms with Crippen molar-refractivity contribution in [3.05, 3.63) is 94.9 Å².